The minimum absolute atomic E-state index is 0.00738. The topological polar surface area (TPSA) is 38.3 Å². The van der Waals surface area contributed by atoms with Crippen LogP contribution in [0.3, 0.4) is 0 Å². The quantitative estimate of drug-likeness (QED) is 0.324. The molecule has 34 heavy (non-hydrogen) atoms. The van der Waals surface area contributed by atoms with Crippen LogP contribution in [0.2, 0.25) is 5.02 Å². The maximum atomic E-state index is 14.1. The lowest BCUT2D eigenvalue weighted by atomic mass is 9.76. The van der Waals surface area contributed by atoms with Crippen LogP contribution in [0.1, 0.15) is 30.5 Å². The third-order valence-corrected chi connectivity index (χ3v) is 6.89. The Morgan fingerprint density at radius 3 is 2.15 bits per heavy atom. The molecular formula is C30H28ClNO2. The number of ether oxygens (including phenoxy) is 1. The Hall–Kier alpha value is -3.30. The Morgan fingerprint density at radius 1 is 0.882 bits per heavy atom. The molecule has 1 aliphatic carbocycles. The summed E-state index contributed by atoms with van der Waals surface area (Å²) in [6.45, 7) is 4.91. The van der Waals surface area contributed by atoms with Gasteiger partial charge in [0.2, 0.25) is 5.91 Å². The van der Waals surface area contributed by atoms with E-state index in [1.165, 1.54) is 11.1 Å². The van der Waals surface area contributed by atoms with Crippen molar-refractivity contribution in [1.82, 2.24) is 0 Å². The van der Waals surface area contributed by atoms with Crippen molar-refractivity contribution in [3.05, 3.63) is 107 Å². The first-order valence-corrected chi connectivity index (χ1v) is 12.1. The smallest absolute Gasteiger partial charge is 0.235 e. The monoisotopic (exact) mass is 469 g/mol. The highest BCUT2D eigenvalue weighted by molar-refractivity contribution is 6.30. The Balaban J connectivity index is 1.53. The minimum Gasteiger partial charge on any atom is -0.493 e. The Morgan fingerprint density at radius 2 is 1.50 bits per heavy atom. The van der Waals surface area contributed by atoms with Crippen LogP contribution in [0.25, 0.3) is 10.8 Å². The summed E-state index contributed by atoms with van der Waals surface area (Å²) in [5, 5.41) is 5.91. The zero-order valence-electron chi connectivity index (χ0n) is 19.5. The Kier molecular flexibility index (Phi) is 6.05. The van der Waals surface area contributed by atoms with E-state index in [1.54, 1.807) is 0 Å². The summed E-state index contributed by atoms with van der Waals surface area (Å²) in [4.78, 5) is 14.1. The van der Waals surface area contributed by atoms with Gasteiger partial charge in [0.05, 0.1) is 12.0 Å². The van der Waals surface area contributed by atoms with E-state index in [2.05, 4.69) is 31.3 Å². The summed E-state index contributed by atoms with van der Waals surface area (Å²) in [7, 11) is 0. The fourth-order valence-electron chi connectivity index (χ4n) is 4.88. The van der Waals surface area contributed by atoms with Gasteiger partial charge in [-0.3, -0.25) is 4.79 Å². The molecule has 172 valence electrons. The van der Waals surface area contributed by atoms with Crippen LogP contribution in [0.15, 0.2) is 84.9 Å². The maximum absolute atomic E-state index is 14.1. The van der Waals surface area contributed by atoms with Gasteiger partial charge in [0.25, 0.3) is 0 Å². The summed E-state index contributed by atoms with van der Waals surface area (Å²) in [6.07, 6.45) is 1.31. The molecule has 3 nitrogen and oxygen atoms in total. The number of anilines is 1. The van der Waals surface area contributed by atoms with Crippen LogP contribution < -0.4 is 10.1 Å². The van der Waals surface area contributed by atoms with Crippen molar-refractivity contribution in [3.8, 4) is 5.75 Å². The van der Waals surface area contributed by atoms with E-state index in [-0.39, 0.29) is 5.91 Å². The third kappa shape index (κ3) is 4.17. The van der Waals surface area contributed by atoms with Crippen LogP contribution in [0.4, 0.5) is 5.69 Å². The lowest BCUT2D eigenvalue weighted by molar-refractivity contribution is -0.121. The number of halogens is 1. The molecule has 4 aromatic rings. The molecule has 4 aromatic carbocycles. The number of rotatable bonds is 6. The summed E-state index contributed by atoms with van der Waals surface area (Å²) < 4.78 is 6.06. The van der Waals surface area contributed by atoms with Crippen LogP contribution in [0, 0.1) is 5.92 Å². The van der Waals surface area contributed by atoms with E-state index in [0.29, 0.717) is 30.4 Å². The number of nitrogens with one attached hydrogen (secondary N) is 1. The molecule has 0 saturated heterocycles. The zero-order valence-corrected chi connectivity index (χ0v) is 20.2. The molecule has 1 amide bonds. The molecule has 0 unspecified atom stereocenters. The highest BCUT2D eigenvalue weighted by atomic mass is 35.5. The predicted octanol–water partition coefficient (Wildman–Crippen LogP) is 7.20. The average Bonchev–Trinajstić information content (AvgIpc) is 3.25. The maximum Gasteiger partial charge on any atom is 0.235 e. The molecule has 0 atom stereocenters. The van der Waals surface area contributed by atoms with Crippen molar-refractivity contribution in [2.45, 2.75) is 32.1 Å². The number of hydrogen-bond acceptors (Lipinski definition) is 2. The summed E-state index contributed by atoms with van der Waals surface area (Å²) in [5.74, 6) is 1.26. The molecule has 5 rings (SSSR count). The highest BCUT2D eigenvalue weighted by Crippen LogP contribution is 2.42. The van der Waals surface area contributed by atoms with Gasteiger partial charge in [-0.15, -0.1) is 0 Å². The molecule has 0 bridgehead atoms. The van der Waals surface area contributed by atoms with Gasteiger partial charge in [0.1, 0.15) is 5.75 Å². The third-order valence-electron chi connectivity index (χ3n) is 6.64. The molecule has 0 aromatic heterocycles. The molecule has 0 aliphatic heterocycles. The first kappa shape index (κ1) is 22.5. The summed E-state index contributed by atoms with van der Waals surface area (Å²) >= 11 is 6.18. The average molecular weight is 470 g/mol. The van der Waals surface area contributed by atoms with E-state index < -0.39 is 5.41 Å². The highest BCUT2D eigenvalue weighted by Gasteiger charge is 2.45. The first-order chi connectivity index (χ1) is 16.5. The van der Waals surface area contributed by atoms with Gasteiger partial charge in [-0.2, -0.15) is 0 Å². The van der Waals surface area contributed by atoms with E-state index in [0.717, 1.165) is 27.8 Å². The fraction of sp³-hybridized carbons (Fsp3) is 0.233. The lowest BCUT2D eigenvalue weighted by Crippen LogP contribution is -2.41. The molecule has 4 heteroatoms. The van der Waals surface area contributed by atoms with Gasteiger partial charge in [-0.1, -0.05) is 86.1 Å². The van der Waals surface area contributed by atoms with Crippen LogP contribution in [-0.4, -0.2) is 12.5 Å². The SMILES string of the molecule is CC(C)COc1ccc(NC(=O)C2(c3ccc(Cl)cc3)Cc3ccccc3C2)c2ccccc12. The van der Waals surface area contributed by atoms with E-state index in [9.17, 15) is 4.79 Å². The number of carbonyl (C=O) groups excluding carboxylic acids is 1. The second-order valence-corrected chi connectivity index (χ2v) is 9.96. The molecule has 0 fully saturated rings. The molecule has 0 heterocycles. The summed E-state index contributed by atoms with van der Waals surface area (Å²) in [6, 6.07) is 28.0. The van der Waals surface area contributed by atoms with Crippen LogP contribution in [-0.2, 0) is 23.1 Å². The molecule has 0 radical (unpaired) electrons. The Bertz CT molecular complexity index is 1320. The van der Waals surface area contributed by atoms with E-state index >= 15 is 0 Å². The van der Waals surface area contributed by atoms with Gasteiger partial charge >= 0.3 is 0 Å². The van der Waals surface area contributed by atoms with Gasteiger partial charge < -0.3 is 10.1 Å². The van der Waals surface area contributed by atoms with Gasteiger partial charge in [-0.25, -0.2) is 0 Å². The van der Waals surface area contributed by atoms with Crippen molar-refractivity contribution in [1.29, 1.82) is 0 Å². The van der Waals surface area contributed by atoms with Crippen molar-refractivity contribution >= 4 is 34.0 Å². The van der Waals surface area contributed by atoms with E-state index in [4.69, 9.17) is 16.3 Å². The van der Waals surface area contributed by atoms with Crippen molar-refractivity contribution < 1.29 is 9.53 Å². The zero-order chi connectivity index (χ0) is 23.7. The number of amides is 1. The normalized spacial score (nSPS) is 14.2. The first-order valence-electron chi connectivity index (χ1n) is 11.7. The minimum atomic E-state index is -0.692. The lowest BCUT2D eigenvalue weighted by Gasteiger charge is -2.29. The van der Waals surface area contributed by atoms with E-state index in [1.807, 2.05) is 72.8 Å². The molecule has 1 aliphatic rings. The molecule has 0 saturated carbocycles. The molecular weight excluding hydrogens is 442 g/mol. The number of benzene rings is 4. The van der Waals surface area contributed by atoms with Crippen LogP contribution in [0.5, 0.6) is 5.75 Å². The van der Waals surface area contributed by atoms with Crippen molar-refractivity contribution in [2.24, 2.45) is 5.92 Å². The molecule has 1 N–H and O–H groups in total. The second kappa shape index (κ2) is 9.15. The van der Waals surface area contributed by atoms with Gasteiger partial charge in [0, 0.05) is 21.5 Å². The predicted molar refractivity (Wildman–Crippen MR) is 140 cm³/mol. The fourth-order valence-corrected chi connectivity index (χ4v) is 5.01. The van der Waals surface area contributed by atoms with Gasteiger partial charge in [0.15, 0.2) is 0 Å². The number of carbonyl (C=O) groups is 1. The number of hydrogen-bond donors (Lipinski definition) is 1. The largest absolute Gasteiger partial charge is 0.493 e. The second-order valence-electron chi connectivity index (χ2n) is 9.53. The summed E-state index contributed by atoms with van der Waals surface area (Å²) in [5.41, 5.74) is 3.51. The van der Waals surface area contributed by atoms with Gasteiger partial charge in [-0.05, 0) is 59.7 Å². The van der Waals surface area contributed by atoms with Crippen LogP contribution >= 0.6 is 11.6 Å². The standard InChI is InChI=1S/C30H28ClNO2/c1-20(2)19-34-28-16-15-27(25-9-5-6-10-26(25)28)32-29(33)30(23-11-13-24(31)14-12-23)17-21-7-3-4-8-22(21)18-30/h3-16,20H,17-19H2,1-2H3,(H,32,33). The molecule has 0 spiro atoms. The number of fused-ring (bicyclic) bond motifs is 2. The van der Waals surface area contributed by atoms with Crippen molar-refractivity contribution in [3.63, 3.8) is 0 Å². The van der Waals surface area contributed by atoms with Crippen molar-refractivity contribution in [2.75, 3.05) is 11.9 Å². The Labute approximate surface area is 205 Å².